The van der Waals surface area contributed by atoms with Crippen molar-refractivity contribution in [3.8, 4) is 22.8 Å². The minimum atomic E-state index is -1.04. The normalized spacial score (nSPS) is 20.9. The zero-order valence-electron chi connectivity index (χ0n) is 22.0. The maximum Gasteiger partial charge on any atom is 0.356 e. The molecule has 0 saturated heterocycles. The van der Waals surface area contributed by atoms with Gasteiger partial charge in [0.25, 0.3) is 5.91 Å². The van der Waals surface area contributed by atoms with Crippen molar-refractivity contribution in [1.29, 1.82) is 0 Å². The number of carboxylic acids is 1. The summed E-state index contributed by atoms with van der Waals surface area (Å²) in [4.78, 5) is 31.0. The molecule has 228 valence electrons. The molecule has 2 fully saturated rings. The molecule has 8 N–H and O–H groups in total. The Hall–Kier alpha value is -3.46. The highest BCUT2D eigenvalue weighted by molar-refractivity contribution is 9.10. The second kappa shape index (κ2) is 11.6. The van der Waals surface area contributed by atoms with Crippen LogP contribution in [0, 0.1) is 11.6 Å². The van der Waals surface area contributed by atoms with Gasteiger partial charge in [0, 0.05) is 35.6 Å². The number of halogens is 4. The fraction of sp³-hybridized carbons (Fsp3) is 0.310. The number of amides is 1. The van der Waals surface area contributed by atoms with Crippen LogP contribution in [0.4, 0.5) is 8.78 Å². The number of carbonyl (C=O) groups excluding carboxylic acids is 1. The molecule has 10 nitrogen and oxygen atoms in total. The van der Waals surface area contributed by atoms with Gasteiger partial charge >= 0.3 is 5.97 Å². The van der Waals surface area contributed by atoms with Crippen molar-refractivity contribution in [2.45, 2.75) is 57.0 Å². The first-order chi connectivity index (χ1) is 19.1. The Balaban J connectivity index is 0.000000184. The van der Waals surface area contributed by atoms with E-state index in [1.54, 1.807) is 36.7 Å². The molecule has 10 rings (SSSR count). The monoisotopic (exact) mass is 722 g/mol. The summed E-state index contributed by atoms with van der Waals surface area (Å²) < 4.78 is 32.3. The van der Waals surface area contributed by atoms with Crippen LogP contribution < -0.4 is 11.9 Å². The topological polar surface area (TPSA) is 183 Å². The van der Waals surface area contributed by atoms with Crippen LogP contribution in [-0.2, 0) is 0 Å². The fourth-order valence-corrected chi connectivity index (χ4v) is 6.98. The molecule has 0 radical (unpaired) electrons. The summed E-state index contributed by atoms with van der Waals surface area (Å²) in [6, 6.07) is 7.17. The molecule has 2 aromatic carbocycles. The highest BCUT2D eigenvalue weighted by Crippen LogP contribution is 2.53. The van der Waals surface area contributed by atoms with Gasteiger partial charge < -0.3 is 31.6 Å². The molecule has 14 heteroatoms. The zero-order chi connectivity index (χ0) is 28.0. The van der Waals surface area contributed by atoms with Gasteiger partial charge in [-0.3, -0.25) is 4.79 Å². The predicted octanol–water partition coefficient (Wildman–Crippen LogP) is 6.54. The van der Waals surface area contributed by atoms with E-state index in [0.717, 1.165) is 47.9 Å². The summed E-state index contributed by atoms with van der Waals surface area (Å²) in [5.41, 5.74) is 9.23. The lowest BCUT2D eigenvalue weighted by atomic mass is 9.76. The number of aromatic nitrogens is 4. The minimum Gasteiger partial charge on any atom is -0.476 e. The summed E-state index contributed by atoms with van der Waals surface area (Å²) in [7, 11) is 0. The largest absolute Gasteiger partial charge is 0.476 e. The van der Waals surface area contributed by atoms with Gasteiger partial charge in [-0.1, -0.05) is 7.43 Å². The molecule has 2 aliphatic carbocycles. The number of nitrogens with two attached hydrogens (primary N) is 1. The first kappa shape index (κ1) is 32.5. The van der Waals surface area contributed by atoms with Crippen LogP contribution in [0.5, 0.6) is 0 Å². The van der Waals surface area contributed by atoms with E-state index in [9.17, 15) is 18.4 Å². The van der Waals surface area contributed by atoms with Crippen LogP contribution in [0.1, 0.15) is 89.1 Å². The lowest BCUT2D eigenvalue weighted by Gasteiger charge is -2.34. The highest BCUT2D eigenvalue weighted by Gasteiger charge is 2.40. The lowest BCUT2D eigenvalue weighted by Crippen LogP contribution is -2.22. The number of primary amides is 1. The second-order valence-electron chi connectivity index (χ2n) is 10.7. The number of carboxylic acid groups (broad SMARTS) is 1. The van der Waals surface area contributed by atoms with Crippen LogP contribution in [0.2, 0.25) is 0 Å². The minimum absolute atomic E-state index is 0. The molecule has 0 spiro atoms. The first-order valence-electron chi connectivity index (χ1n) is 12.8. The standard InChI is InChI=1S/C14H11BrFN3O.C14H10BrFN2O2.CH4.H3N.H2O/c15-10-3-9-8(4-11(10)16)6-1-7(2-6)19-5-12(13(17)20)18-14(9)19;15-10-3-9-8(4-11(10)16)6-1-7(2-6)18-5-12(14(19)20)17-13(9)18;;;/h3-7H,1-2H2,(H2,17,20);3-7H,1-2H2,(H,19,20);1H4;1H3;1H2. The average Bonchev–Trinajstić information content (AvgIpc) is 3.38. The van der Waals surface area contributed by atoms with Gasteiger partial charge in [-0.25, -0.2) is 23.5 Å². The van der Waals surface area contributed by atoms with E-state index in [1.807, 2.05) is 9.13 Å². The van der Waals surface area contributed by atoms with Crippen LogP contribution in [0.15, 0.2) is 45.6 Å². The van der Waals surface area contributed by atoms with Crippen molar-refractivity contribution in [3.63, 3.8) is 0 Å². The molecule has 0 atom stereocenters. The third kappa shape index (κ3) is 5.09. The molecule has 4 aromatic rings. The number of imidazole rings is 2. The molecule has 43 heavy (non-hydrogen) atoms. The summed E-state index contributed by atoms with van der Waals surface area (Å²) in [5, 5.41) is 9.11. The molecule has 4 bridgehead atoms. The summed E-state index contributed by atoms with van der Waals surface area (Å²) in [6.45, 7) is 0. The van der Waals surface area contributed by atoms with E-state index in [0.29, 0.717) is 38.5 Å². The van der Waals surface area contributed by atoms with E-state index in [4.69, 9.17) is 10.8 Å². The van der Waals surface area contributed by atoms with Crippen LogP contribution in [0.25, 0.3) is 22.8 Å². The molecule has 6 aliphatic rings. The number of rotatable bonds is 2. The van der Waals surface area contributed by atoms with E-state index < -0.39 is 11.9 Å². The van der Waals surface area contributed by atoms with E-state index >= 15 is 0 Å². The maximum atomic E-state index is 13.8. The van der Waals surface area contributed by atoms with Gasteiger partial charge in [-0.2, -0.15) is 0 Å². The number of aromatic carboxylic acids is 1. The maximum absolute atomic E-state index is 13.8. The second-order valence-corrected chi connectivity index (χ2v) is 12.4. The molecule has 2 saturated carbocycles. The molecule has 4 aliphatic heterocycles. The van der Waals surface area contributed by atoms with Crippen molar-refractivity contribution >= 4 is 43.7 Å². The van der Waals surface area contributed by atoms with Crippen molar-refractivity contribution in [2.24, 2.45) is 5.73 Å². The Morgan fingerprint density at radius 1 is 0.814 bits per heavy atom. The van der Waals surface area contributed by atoms with Gasteiger partial charge in [0.1, 0.15) is 29.0 Å². The Morgan fingerprint density at radius 3 is 1.60 bits per heavy atom. The molecule has 1 amide bonds. The molecule has 6 heterocycles. The summed E-state index contributed by atoms with van der Waals surface area (Å²) in [6.07, 6.45) is 7.04. The lowest BCUT2D eigenvalue weighted by molar-refractivity contribution is 0.0690. The number of nitrogens with zero attached hydrogens (tertiary/aromatic N) is 4. The van der Waals surface area contributed by atoms with Crippen molar-refractivity contribution in [2.75, 3.05) is 0 Å². The van der Waals surface area contributed by atoms with E-state index in [1.165, 1.54) is 0 Å². The van der Waals surface area contributed by atoms with Gasteiger partial charge in [-0.15, -0.1) is 0 Å². The van der Waals surface area contributed by atoms with E-state index in [2.05, 4.69) is 41.8 Å². The molecular formula is C29H30Br2F2N6O4. The zero-order valence-corrected chi connectivity index (χ0v) is 25.1. The van der Waals surface area contributed by atoms with Gasteiger partial charge in [0.15, 0.2) is 5.69 Å². The van der Waals surface area contributed by atoms with Gasteiger partial charge in [0.05, 0.1) is 8.95 Å². The van der Waals surface area contributed by atoms with Crippen LogP contribution in [-0.4, -0.2) is 41.6 Å². The van der Waals surface area contributed by atoms with Crippen molar-refractivity contribution < 1.29 is 29.0 Å². The van der Waals surface area contributed by atoms with Gasteiger partial charge in [-0.05, 0) is 105 Å². The third-order valence-electron chi connectivity index (χ3n) is 8.50. The Labute approximate surface area is 262 Å². The third-order valence-corrected chi connectivity index (χ3v) is 9.71. The summed E-state index contributed by atoms with van der Waals surface area (Å²) >= 11 is 6.41. The number of carbonyl (C=O) groups is 2. The quantitative estimate of drug-likeness (QED) is 0.211. The Kier molecular flexibility index (Phi) is 8.73. The van der Waals surface area contributed by atoms with Crippen LogP contribution in [0.3, 0.4) is 0 Å². The summed E-state index contributed by atoms with van der Waals surface area (Å²) in [5.74, 6) is -0.0761. The Morgan fingerprint density at radius 2 is 1.21 bits per heavy atom. The highest BCUT2D eigenvalue weighted by atomic mass is 79.9. The SMILES string of the molecule is C.N.NC(=O)c1cn2c(n1)-c1cc(Br)c(F)cc1C1CC2C1.O.O=C(O)c1cn2c(n1)-c1cc(Br)c(F)cc1C1CC2C1. The molecular weight excluding hydrogens is 694 g/mol. The fourth-order valence-electron chi connectivity index (χ4n) is 6.29. The van der Waals surface area contributed by atoms with Crippen LogP contribution >= 0.6 is 31.9 Å². The number of hydrogen-bond donors (Lipinski definition) is 3. The smallest absolute Gasteiger partial charge is 0.356 e. The van der Waals surface area contributed by atoms with Crippen molar-refractivity contribution in [3.05, 3.63) is 79.8 Å². The van der Waals surface area contributed by atoms with Gasteiger partial charge in [0.2, 0.25) is 0 Å². The number of benzene rings is 2. The Bertz CT molecular complexity index is 1630. The molecule has 2 aromatic heterocycles. The number of hydrogen-bond acceptors (Lipinski definition) is 5. The predicted molar refractivity (Wildman–Crippen MR) is 164 cm³/mol. The molecule has 0 unspecified atom stereocenters. The first-order valence-corrected chi connectivity index (χ1v) is 14.4. The van der Waals surface area contributed by atoms with E-state index in [-0.39, 0.29) is 48.1 Å². The average molecular weight is 724 g/mol. The van der Waals surface area contributed by atoms with Crippen molar-refractivity contribution in [1.82, 2.24) is 25.3 Å².